The number of nitrogens with zero attached hydrogens (tertiary/aromatic N) is 3. The fourth-order valence-electron chi connectivity index (χ4n) is 0.826. The lowest BCUT2D eigenvalue weighted by Crippen LogP contribution is -1.98. The lowest BCUT2D eigenvalue weighted by Gasteiger charge is -2.01. The first-order valence-corrected chi connectivity index (χ1v) is 3.57. The Kier molecular flexibility index (Phi) is 2.74. The normalized spacial score (nSPS) is 10.6. The molecule has 0 spiro atoms. The van der Waals surface area contributed by atoms with Crippen LogP contribution in [0.15, 0.2) is 11.2 Å². The second kappa shape index (κ2) is 3.80. The molecule has 0 atom stereocenters. The third-order valence-corrected chi connectivity index (χ3v) is 1.33. The van der Waals surface area contributed by atoms with E-state index in [1.54, 1.807) is 26.6 Å². The maximum atomic E-state index is 5.01. The quantitative estimate of drug-likeness (QED) is 0.610. The van der Waals surface area contributed by atoms with Gasteiger partial charge in [0.2, 0.25) is 5.88 Å². The van der Waals surface area contributed by atoms with Gasteiger partial charge in [-0.3, -0.25) is 4.99 Å². The molecule has 0 aliphatic carbocycles. The van der Waals surface area contributed by atoms with Gasteiger partial charge in [0.05, 0.1) is 19.0 Å². The molecule has 4 heteroatoms. The van der Waals surface area contributed by atoms with Gasteiger partial charge in [0.1, 0.15) is 5.69 Å². The average Bonchev–Trinajstić information content (AvgIpc) is 2.08. The van der Waals surface area contributed by atoms with Crippen molar-refractivity contribution in [3.8, 4) is 5.88 Å². The van der Waals surface area contributed by atoms with E-state index in [1.807, 2.05) is 6.92 Å². The van der Waals surface area contributed by atoms with Crippen LogP contribution in [0.2, 0.25) is 0 Å². The summed E-state index contributed by atoms with van der Waals surface area (Å²) in [6.07, 6.45) is 3.30. The summed E-state index contributed by atoms with van der Waals surface area (Å²) in [5, 5.41) is 0. The number of hydrogen-bond acceptors (Lipinski definition) is 4. The lowest BCUT2D eigenvalue weighted by molar-refractivity contribution is 0.394. The molecule has 1 aromatic rings. The van der Waals surface area contributed by atoms with Crippen LogP contribution >= 0.6 is 0 Å². The van der Waals surface area contributed by atoms with Crippen LogP contribution in [0.4, 0.5) is 0 Å². The molecular formula is C8H11N3O. The number of aromatic nitrogens is 2. The molecular weight excluding hydrogens is 154 g/mol. The number of rotatable bonds is 2. The molecule has 12 heavy (non-hydrogen) atoms. The highest BCUT2D eigenvalue weighted by Crippen LogP contribution is 2.09. The Labute approximate surface area is 71.3 Å². The number of aliphatic imine (C=N–C) groups is 1. The third-order valence-electron chi connectivity index (χ3n) is 1.33. The van der Waals surface area contributed by atoms with E-state index >= 15 is 0 Å². The second-order valence-electron chi connectivity index (χ2n) is 2.29. The summed E-state index contributed by atoms with van der Waals surface area (Å²) in [6.45, 7) is 1.86. The first-order valence-electron chi connectivity index (χ1n) is 3.57. The molecule has 0 radical (unpaired) electrons. The van der Waals surface area contributed by atoms with E-state index in [0.717, 1.165) is 5.69 Å². The smallest absolute Gasteiger partial charge is 0.241 e. The molecule has 1 rings (SSSR count). The van der Waals surface area contributed by atoms with Crippen LogP contribution in [0.1, 0.15) is 11.4 Å². The van der Waals surface area contributed by atoms with Crippen molar-refractivity contribution in [3.63, 3.8) is 0 Å². The third kappa shape index (κ3) is 1.78. The van der Waals surface area contributed by atoms with Crippen molar-refractivity contribution in [2.45, 2.75) is 6.92 Å². The van der Waals surface area contributed by atoms with E-state index in [9.17, 15) is 0 Å². The summed E-state index contributed by atoms with van der Waals surface area (Å²) in [4.78, 5) is 12.1. The molecule has 0 aliphatic heterocycles. The van der Waals surface area contributed by atoms with E-state index in [4.69, 9.17) is 4.74 Å². The monoisotopic (exact) mass is 165 g/mol. The van der Waals surface area contributed by atoms with Crippen molar-refractivity contribution in [3.05, 3.63) is 17.6 Å². The summed E-state index contributed by atoms with van der Waals surface area (Å²) in [5.74, 6) is 0.514. The highest BCUT2D eigenvalue weighted by atomic mass is 16.5. The van der Waals surface area contributed by atoms with Crippen LogP contribution in [0.5, 0.6) is 5.88 Å². The molecule has 1 aromatic heterocycles. The largest absolute Gasteiger partial charge is 0.479 e. The summed E-state index contributed by atoms with van der Waals surface area (Å²) >= 11 is 0. The molecule has 0 aliphatic rings. The highest BCUT2D eigenvalue weighted by Gasteiger charge is 2.02. The van der Waals surface area contributed by atoms with Crippen molar-refractivity contribution in [2.75, 3.05) is 14.2 Å². The fourth-order valence-corrected chi connectivity index (χ4v) is 0.826. The molecule has 0 saturated heterocycles. The van der Waals surface area contributed by atoms with Gasteiger partial charge in [0.15, 0.2) is 0 Å². The van der Waals surface area contributed by atoms with Crippen molar-refractivity contribution in [1.29, 1.82) is 0 Å². The van der Waals surface area contributed by atoms with E-state index in [-0.39, 0.29) is 0 Å². The van der Waals surface area contributed by atoms with Gasteiger partial charge in [0.25, 0.3) is 0 Å². The maximum absolute atomic E-state index is 5.01. The molecule has 0 amide bonds. The minimum Gasteiger partial charge on any atom is -0.479 e. The molecule has 0 aromatic carbocycles. The van der Waals surface area contributed by atoms with Gasteiger partial charge >= 0.3 is 0 Å². The van der Waals surface area contributed by atoms with Gasteiger partial charge in [-0.25, -0.2) is 9.97 Å². The number of methoxy groups -OCH3 is 1. The van der Waals surface area contributed by atoms with Crippen LogP contribution in [0.3, 0.4) is 0 Å². The maximum Gasteiger partial charge on any atom is 0.241 e. The summed E-state index contributed by atoms with van der Waals surface area (Å²) < 4.78 is 5.01. The van der Waals surface area contributed by atoms with Crippen molar-refractivity contribution >= 4 is 6.21 Å². The highest BCUT2D eigenvalue weighted by molar-refractivity contribution is 5.79. The Morgan fingerprint density at radius 1 is 1.58 bits per heavy atom. The van der Waals surface area contributed by atoms with E-state index in [2.05, 4.69) is 15.0 Å². The topological polar surface area (TPSA) is 47.4 Å². The van der Waals surface area contributed by atoms with Gasteiger partial charge in [-0.2, -0.15) is 0 Å². The zero-order valence-electron chi connectivity index (χ0n) is 7.40. The van der Waals surface area contributed by atoms with Gasteiger partial charge in [-0.15, -0.1) is 0 Å². The second-order valence-corrected chi connectivity index (χ2v) is 2.29. The van der Waals surface area contributed by atoms with Gasteiger partial charge in [0, 0.05) is 13.2 Å². The van der Waals surface area contributed by atoms with E-state index in [1.165, 1.54) is 0 Å². The summed E-state index contributed by atoms with van der Waals surface area (Å²) in [7, 11) is 3.25. The predicted molar refractivity (Wildman–Crippen MR) is 46.8 cm³/mol. The van der Waals surface area contributed by atoms with Crippen LogP contribution in [0, 0.1) is 6.92 Å². The first kappa shape index (κ1) is 8.64. The fraction of sp³-hybridized carbons (Fsp3) is 0.375. The number of aryl methyl sites for hydroxylation is 1. The Bertz CT molecular complexity index is 296. The molecule has 1 heterocycles. The average molecular weight is 165 g/mol. The van der Waals surface area contributed by atoms with Crippen LogP contribution < -0.4 is 4.74 Å². The molecule has 4 nitrogen and oxygen atoms in total. The Hall–Kier alpha value is -1.45. The summed E-state index contributed by atoms with van der Waals surface area (Å²) in [5.41, 5.74) is 1.49. The van der Waals surface area contributed by atoms with E-state index in [0.29, 0.717) is 11.6 Å². The molecule has 0 unspecified atom stereocenters. The lowest BCUT2D eigenvalue weighted by atomic mass is 10.4. The Morgan fingerprint density at radius 3 is 2.92 bits per heavy atom. The molecule has 0 fully saturated rings. The molecule has 0 bridgehead atoms. The van der Waals surface area contributed by atoms with Crippen LogP contribution in [-0.2, 0) is 0 Å². The standard InChI is InChI=1S/C8H11N3O/c1-6-4-10-7(5-9-2)8(11-6)12-3/h4-5H,1-3H3/b9-5+. The van der Waals surface area contributed by atoms with E-state index < -0.39 is 0 Å². The molecule has 64 valence electrons. The zero-order valence-corrected chi connectivity index (χ0v) is 7.40. The Balaban J connectivity index is 3.10. The first-order chi connectivity index (χ1) is 5.77. The minimum atomic E-state index is 0.514. The van der Waals surface area contributed by atoms with Crippen molar-refractivity contribution in [2.24, 2.45) is 4.99 Å². The number of hydrogen-bond donors (Lipinski definition) is 0. The minimum absolute atomic E-state index is 0.514. The van der Waals surface area contributed by atoms with Crippen molar-refractivity contribution < 1.29 is 4.74 Å². The predicted octanol–water partition coefficient (Wildman–Crippen LogP) is 0.842. The van der Waals surface area contributed by atoms with Crippen LogP contribution in [0.25, 0.3) is 0 Å². The Morgan fingerprint density at radius 2 is 2.33 bits per heavy atom. The SMILES string of the molecule is C/N=C/c1ncc(C)nc1OC. The molecule has 0 N–H and O–H groups in total. The number of ether oxygens (including phenoxy) is 1. The van der Waals surface area contributed by atoms with Crippen LogP contribution in [-0.4, -0.2) is 30.3 Å². The van der Waals surface area contributed by atoms with Crippen molar-refractivity contribution in [1.82, 2.24) is 9.97 Å². The summed E-state index contributed by atoms with van der Waals surface area (Å²) in [6, 6.07) is 0. The van der Waals surface area contributed by atoms with Gasteiger partial charge in [-0.05, 0) is 6.92 Å². The zero-order chi connectivity index (χ0) is 8.97. The molecule has 0 saturated carbocycles. The van der Waals surface area contributed by atoms with Gasteiger partial charge < -0.3 is 4.74 Å². The van der Waals surface area contributed by atoms with Gasteiger partial charge in [-0.1, -0.05) is 0 Å².